The summed E-state index contributed by atoms with van der Waals surface area (Å²) >= 11 is 5.98. The van der Waals surface area contributed by atoms with E-state index >= 15 is 0 Å². The van der Waals surface area contributed by atoms with E-state index in [-0.39, 0.29) is 0 Å². The molecule has 21 heavy (non-hydrogen) atoms. The molecule has 1 saturated heterocycles. The third kappa shape index (κ3) is 3.57. The zero-order chi connectivity index (χ0) is 14.7. The lowest BCUT2D eigenvalue weighted by atomic mass is 9.98. The predicted molar refractivity (Wildman–Crippen MR) is 84.1 cm³/mol. The summed E-state index contributed by atoms with van der Waals surface area (Å²) in [7, 11) is 0. The summed E-state index contributed by atoms with van der Waals surface area (Å²) in [5, 5.41) is 8.53. The monoisotopic (exact) mass is 305 g/mol. The van der Waals surface area contributed by atoms with Crippen LogP contribution in [0, 0.1) is 12.8 Å². The lowest BCUT2D eigenvalue weighted by Crippen LogP contribution is -2.30. The lowest BCUT2D eigenvalue weighted by Gasteiger charge is -2.22. The van der Waals surface area contributed by atoms with Crippen molar-refractivity contribution in [3.63, 3.8) is 0 Å². The second-order valence-electron chi connectivity index (χ2n) is 5.53. The number of rotatable bonds is 4. The summed E-state index contributed by atoms with van der Waals surface area (Å²) in [6.45, 7) is 5.23. The quantitative estimate of drug-likeness (QED) is 0.937. The maximum Gasteiger partial charge on any atom is 0.168 e. The van der Waals surface area contributed by atoms with E-state index in [1.807, 2.05) is 31.2 Å². The van der Waals surface area contributed by atoms with Crippen molar-refractivity contribution < 1.29 is 4.74 Å². The standard InChI is InChI=1S/C16H20ClN3O/c1-12-16(21-15-4-2-3-14(17)9-15)10-19-20(12)11-13-5-7-18-8-6-13/h2-4,9-10,13,18H,5-8,11H2,1H3. The van der Waals surface area contributed by atoms with E-state index in [4.69, 9.17) is 16.3 Å². The molecule has 1 aromatic heterocycles. The Hall–Kier alpha value is -1.52. The molecule has 3 rings (SSSR count). The van der Waals surface area contributed by atoms with Crippen LogP contribution in [0.25, 0.3) is 0 Å². The molecule has 0 unspecified atom stereocenters. The number of hydrogen-bond donors (Lipinski definition) is 1. The molecule has 0 amide bonds. The highest BCUT2D eigenvalue weighted by molar-refractivity contribution is 6.30. The van der Waals surface area contributed by atoms with Crippen LogP contribution in [0.3, 0.4) is 0 Å². The maximum atomic E-state index is 5.98. The van der Waals surface area contributed by atoms with E-state index in [2.05, 4.69) is 15.1 Å². The van der Waals surface area contributed by atoms with E-state index in [1.165, 1.54) is 12.8 Å². The third-order valence-electron chi connectivity index (χ3n) is 3.97. The average Bonchev–Trinajstić information content (AvgIpc) is 2.82. The van der Waals surface area contributed by atoms with Crippen molar-refractivity contribution in [2.75, 3.05) is 13.1 Å². The Morgan fingerprint density at radius 2 is 2.19 bits per heavy atom. The van der Waals surface area contributed by atoms with Gasteiger partial charge in [-0.05, 0) is 57.0 Å². The van der Waals surface area contributed by atoms with E-state index in [9.17, 15) is 0 Å². The van der Waals surface area contributed by atoms with Gasteiger partial charge in [0.25, 0.3) is 0 Å². The first-order valence-electron chi connectivity index (χ1n) is 7.39. The predicted octanol–water partition coefficient (Wildman–Crippen LogP) is 3.64. The van der Waals surface area contributed by atoms with Crippen LogP contribution in [0.4, 0.5) is 0 Å². The smallest absolute Gasteiger partial charge is 0.168 e. The molecule has 1 N–H and O–H groups in total. The topological polar surface area (TPSA) is 39.1 Å². The number of piperidine rings is 1. The Kier molecular flexibility index (Phi) is 4.46. The van der Waals surface area contributed by atoms with Crippen molar-refractivity contribution in [2.45, 2.75) is 26.3 Å². The van der Waals surface area contributed by atoms with Crippen LogP contribution in [0.2, 0.25) is 5.02 Å². The van der Waals surface area contributed by atoms with Crippen molar-refractivity contribution in [1.82, 2.24) is 15.1 Å². The van der Waals surface area contributed by atoms with E-state index in [0.717, 1.165) is 36.8 Å². The van der Waals surface area contributed by atoms with Gasteiger partial charge in [0.2, 0.25) is 0 Å². The number of aromatic nitrogens is 2. The van der Waals surface area contributed by atoms with Crippen molar-refractivity contribution in [1.29, 1.82) is 0 Å². The van der Waals surface area contributed by atoms with Gasteiger partial charge in [0.05, 0.1) is 11.9 Å². The molecule has 5 heteroatoms. The second kappa shape index (κ2) is 6.50. The molecule has 2 heterocycles. The minimum Gasteiger partial charge on any atom is -0.454 e. The summed E-state index contributed by atoms with van der Waals surface area (Å²) in [4.78, 5) is 0. The Morgan fingerprint density at radius 3 is 2.95 bits per heavy atom. The zero-order valence-electron chi connectivity index (χ0n) is 12.2. The highest BCUT2D eigenvalue weighted by atomic mass is 35.5. The van der Waals surface area contributed by atoms with Gasteiger partial charge in [0.1, 0.15) is 5.75 Å². The Labute approximate surface area is 130 Å². The normalized spacial score (nSPS) is 16.1. The van der Waals surface area contributed by atoms with Crippen LogP contribution in [-0.4, -0.2) is 22.9 Å². The van der Waals surface area contributed by atoms with Crippen LogP contribution in [0.1, 0.15) is 18.5 Å². The van der Waals surface area contributed by atoms with Gasteiger partial charge in [-0.25, -0.2) is 0 Å². The fourth-order valence-corrected chi connectivity index (χ4v) is 2.86. The minimum atomic E-state index is 0.673. The third-order valence-corrected chi connectivity index (χ3v) is 4.21. The first-order valence-corrected chi connectivity index (χ1v) is 7.77. The number of halogens is 1. The number of benzene rings is 1. The number of nitrogens with zero attached hydrogens (tertiary/aromatic N) is 2. The first-order chi connectivity index (χ1) is 10.2. The molecule has 0 spiro atoms. The van der Waals surface area contributed by atoms with Crippen molar-refractivity contribution in [3.8, 4) is 11.5 Å². The molecule has 0 aliphatic carbocycles. The van der Waals surface area contributed by atoms with Crippen LogP contribution >= 0.6 is 11.6 Å². The van der Waals surface area contributed by atoms with E-state index < -0.39 is 0 Å². The van der Waals surface area contributed by atoms with Crippen molar-refractivity contribution in [2.24, 2.45) is 5.92 Å². The van der Waals surface area contributed by atoms with Crippen molar-refractivity contribution in [3.05, 3.63) is 41.2 Å². The van der Waals surface area contributed by atoms with Crippen LogP contribution in [0.15, 0.2) is 30.5 Å². The summed E-state index contributed by atoms with van der Waals surface area (Å²) in [5.41, 5.74) is 1.06. The molecule has 4 nitrogen and oxygen atoms in total. The summed E-state index contributed by atoms with van der Waals surface area (Å²) in [6.07, 6.45) is 4.21. The van der Waals surface area contributed by atoms with Crippen LogP contribution < -0.4 is 10.1 Å². The number of nitrogens with one attached hydrogen (secondary N) is 1. The second-order valence-corrected chi connectivity index (χ2v) is 5.97. The zero-order valence-corrected chi connectivity index (χ0v) is 12.9. The van der Waals surface area contributed by atoms with E-state index in [0.29, 0.717) is 10.9 Å². The largest absolute Gasteiger partial charge is 0.454 e. The molecular weight excluding hydrogens is 286 g/mol. The van der Waals surface area contributed by atoms with Gasteiger partial charge in [-0.15, -0.1) is 0 Å². The van der Waals surface area contributed by atoms with Crippen LogP contribution in [0.5, 0.6) is 11.5 Å². The minimum absolute atomic E-state index is 0.673. The molecule has 1 aromatic carbocycles. The molecule has 0 atom stereocenters. The SMILES string of the molecule is Cc1c(Oc2cccc(Cl)c2)cnn1CC1CCNCC1. The molecule has 1 aliphatic heterocycles. The molecule has 0 radical (unpaired) electrons. The van der Waals surface area contributed by atoms with Gasteiger partial charge in [-0.1, -0.05) is 17.7 Å². The van der Waals surface area contributed by atoms with Gasteiger partial charge in [-0.2, -0.15) is 5.10 Å². The molecule has 0 bridgehead atoms. The summed E-state index contributed by atoms with van der Waals surface area (Å²) < 4.78 is 7.93. The summed E-state index contributed by atoms with van der Waals surface area (Å²) in [5.74, 6) is 2.24. The fourth-order valence-electron chi connectivity index (χ4n) is 2.68. The highest BCUT2D eigenvalue weighted by Gasteiger charge is 2.16. The molecule has 112 valence electrons. The Balaban J connectivity index is 1.70. The molecule has 1 aliphatic rings. The molecule has 0 saturated carbocycles. The van der Waals surface area contributed by atoms with Gasteiger partial charge < -0.3 is 10.1 Å². The average molecular weight is 306 g/mol. The fraction of sp³-hybridized carbons (Fsp3) is 0.438. The van der Waals surface area contributed by atoms with Gasteiger partial charge in [0, 0.05) is 11.6 Å². The summed E-state index contributed by atoms with van der Waals surface area (Å²) in [6, 6.07) is 7.43. The number of ether oxygens (including phenoxy) is 1. The van der Waals surface area contributed by atoms with Crippen molar-refractivity contribution >= 4 is 11.6 Å². The van der Waals surface area contributed by atoms with E-state index in [1.54, 1.807) is 6.20 Å². The maximum absolute atomic E-state index is 5.98. The lowest BCUT2D eigenvalue weighted by molar-refractivity contribution is 0.318. The highest BCUT2D eigenvalue weighted by Crippen LogP contribution is 2.27. The molecular formula is C16H20ClN3O. The Morgan fingerprint density at radius 1 is 1.38 bits per heavy atom. The molecule has 2 aromatic rings. The van der Waals surface area contributed by atoms with Gasteiger partial charge in [-0.3, -0.25) is 4.68 Å². The van der Waals surface area contributed by atoms with Gasteiger partial charge in [0.15, 0.2) is 5.75 Å². The van der Waals surface area contributed by atoms with Crippen LogP contribution in [-0.2, 0) is 6.54 Å². The molecule has 1 fully saturated rings. The Bertz CT molecular complexity index is 605. The van der Waals surface area contributed by atoms with Gasteiger partial charge >= 0.3 is 0 Å². The first kappa shape index (κ1) is 14.4. The number of hydrogen-bond acceptors (Lipinski definition) is 3.